The fraction of sp³-hybridized carbons (Fsp3) is 0.333. The number of rotatable bonds is 4. The van der Waals surface area contributed by atoms with Gasteiger partial charge in [0.2, 0.25) is 0 Å². The predicted molar refractivity (Wildman–Crippen MR) is 83.2 cm³/mol. The molecule has 6 heteroatoms. The summed E-state index contributed by atoms with van der Waals surface area (Å²) in [5.41, 5.74) is 1.33. The summed E-state index contributed by atoms with van der Waals surface area (Å²) in [6, 6.07) is 5.27. The molecule has 0 N–H and O–H groups in total. The van der Waals surface area contributed by atoms with Crippen LogP contribution in [0.5, 0.6) is 5.75 Å². The lowest BCUT2D eigenvalue weighted by Crippen LogP contribution is -2.26. The summed E-state index contributed by atoms with van der Waals surface area (Å²) in [5.74, 6) is -0.121. The Morgan fingerprint density at radius 3 is 2.71 bits per heavy atom. The zero-order valence-corrected chi connectivity index (χ0v) is 13.5. The number of nitrogens with zero attached hydrogens (tertiary/aromatic N) is 1. The fourth-order valence-corrected chi connectivity index (χ4v) is 2.45. The van der Waals surface area contributed by atoms with Gasteiger partial charge in [-0.05, 0) is 39.0 Å². The number of ether oxygens (including phenoxy) is 2. The largest absolute Gasteiger partial charge is 0.475 e. The van der Waals surface area contributed by atoms with Crippen molar-refractivity contribution in [2.24, 2.45) is 0 Å². The van der Waals surface area contributed by atoms with Gasteiger partial charge >= 0.3 is 5.97 Å². The van der Waals surface area contributed by atoms with E-state index in [0.29, 0.717) is 27.9 Å². The highest BCUT2D eigenvalue weighted by Gasteiger charge is 2.20. The van der Waals surface area contributed by atoms with E-state index in [4.69, 9.17) is 32.7 Å². The van der Waals surface area contributed by atoms with Crippen LogP contribution >= 0.6 is 23.2 Å². The number of pyridine rings is 1. The number of aromatic nitrogens is 1. The molecule has 0 spiro atoms. The first-order valence-electron chi connectivity index (χ1n) is 6.52. The molecule has 1 heterocycles. The molecule has 1 atom stereocenters. The third-order valence-electron chi connectivity index (χ3n) is 2.89. The van der Waals surface area contributed by atoms with E-state index in [1.165, 1.54) is 0 Å². The Hall–Kier alpha value is -1.52. The molecule has 2 aromatic rings. The smallest absolute Gasteiger partial charge is 0.347 e. The van der Waals surface area contributed by atoms with E-state index in [-0.39, 0.29) is 0 Å². The number of hydrogen-bond acceptors (Lipinski definition) is 4. The van der Waals surface area contributed by atoms with E-state index in [1.807, 2.05) is 19.1 Å². The summed E-state index contributed by atoms with van der Waals surface area (Å²) < 4.78 is 10.6. The van der Waals surface area contributed by atoms with Crippen molar-refractivity contribution in [2.75, 3.05) is 6.61 Å². The maximum absolute atomic E-state index is 11.7. The molecule has 1 aromatic carbocycles. The van der Waals surface area contributed by atoms with Crippen molar-refractivity contribution in [3.63, 3.8) is 0 Å². The van der Waals surface area contributed by atoms with Gasteiger partial charge in [-0.15, -0.1) is 0 Å². The quantitative estimate of drug-likeness (QED) is 0.790. The second-order valence-electron chi connectivity index (χ2n) is 4.53. The standard InChI is InChI=1S/C15H15Cl2NO3/c1-4-20-15(19)9(3)21-14-12(17)7-11(16)10-6-5-8(2)18-13(10)14/h5-7,9H,4H2,1-3H3. The molecule has 1 unspecified atom stereocenters. The molecule has 1 aromatic heterocycles. The van der Waals surface area contributed by atoms with Gasteiger partial charge < -0.3 is 9.47 Å². The Morgan fingerprint density at radius 2 is 2.05 bits per heavy atom. The molecule has 21 heavy (non-hydrogen) atoms. The Bertz CT molecular complexity index is 688. The molecular formula is C15H15Cl2NO3. The summed E-state index contributed by atoms with van der Waals surface area (Å²) in [4.78, 5) is 16.1. The number of halogens is 2. The normalized spacial score (nSPS) is 12.2. The van der Waals surface area contributed by atoms with Crippen LogP contribution < -0.4 is 4.74 Å². The summed E-state index contributed by atoms with van der Waals surface area (Å²) in [5, 5.41) is 1.51. The molecule has 0 fully saturated rings. The van der Waals surface area contributed by atoms with Gasteiger partial charge in [-0.2, -0.15) is 0 Å². The summed E-state index contributed by atoms with van der Waals surface area (Å²) in [7, 11) is 0. The molecule has 0 aliphatic rings. The van der Waals surface area contributed by atoms with Crippen LogP contribution in [0.25, 0.3) is 10.9 Å². The highest BCUT2D eigenvalue weighted by atomic mass is 35.5. The molecule has 0 radical (unpaired) electrons. The molecule has 0 saturated carbocycles. The monoisotopic (exact) mass is 327 g/mol. The van der Waals surface area contributed by atoms with Gasteiger partial charge in [0.25, 0.3) is 0 Å². The topological polar surface area (TPSA) is 48.4 Å². The fourth-order valence-electron chi connectivity index (χ4n) is 1.89. The van der Waals surface area contributed by atoms with E-state index in [2.05, 4.69) is 4.98 Å². The molecule has 0 aliphatic heterocycles. The SMILES string of the molecule is CCOC(=O)C(C)Oc1c(Cl)cc(Cl)c2ccc(C)nc12. The number of hydrogen-bond donors (Lipinski definition) is 0. The van der Waals surface area contributed by atoms with Crippen molar-refractivity contribution < 1.29 is 14.3 Å². The van der Waals surface area contributed by atoms with E-state index in [9.17, 15) is 4.79 Å². The molecule has 0 aliphatic carbocycles. The number of aryl methyl sites for hydroxylation is 1. The highest BCUT2D eigenvalue weighted by molar-refractivity contribution is 6.39. The van der Waals surface area contributed by atoms with Crippen molar-refractivity contribution in [3.05, 3.63) is 33.9 Å². The third-order valence-corrected chi connectivity index (χ3v) is 3.48. The second kappa shape index (κ2) is 6.50. The Balaban J connectivity index is 2.48. The van der Waals surface area contributed by atoms with Gasteiger partial charge in [-0.3, -0.25) is 0 Å². The number of fused-ring (bicyclic) bond motifs is 1. The maximum atomic E-state index is 11.7. The number of benzene rings is 1. The van der Waals surface area contributed by atoms with E-state index in [1.54, 1.807) is 19.9 Å². The first-order chi connectivity index (χ1) is 9.93. The summed E-state index contributed by atoms with van der Waals surface area (Å²) in [6.07, 6.45) is -0.783. The molecule has 2 rings (SSSR count). The zero-order valence-electron chi connectivity index (χ0n) is 11.9. The lowest BCUT2D eigenvalue weighted by Gasteiger charge is -2.16. The lowest BCUT2D eigenvalue weighted by atomic mass is 10.2. The van der Waals surface area contributed by atoms with Gasteiger partial charge in [0.05, 0.1) is 16.7 Å². The second-order valence-corrected chi connectivity index (χ2v) is 5.34. The van der Waals surface area contributed by atoms with E-state index < -0.39 is 12.1 Å². The van der Waals surface area contributed by atoms with Crippen LogP contribution in [0.15, 0.2) is 18.2 Å². The molecular weight excluding hydrogens is 313 g/mol. The van der Waals surface area contributed by atoms with Crippen LogP contribution in [-0.4, -0.2) is 23.7 Å². The summed E-state index contributed by atoms with van der Waals surface area (Å²) >= 11 is 12.3. The Morgan fingerprint density at radius 1 is 1.33 bits per heavy atom. The van der Waals surface area contributed by atoms with Crippen LogP contribution in [-0.2, 0) is 9.53 Å². The Labute approximate surface area is 133 Å². The van der Waals surface area contributed by atoms with Crippen LogP contribution in [0.2, 0.25) is 10.0 Å². The molecule has 0 amide bonds. The van der Waals surface area contributed by atoms with Crippen LogP contribution in [0.3, 0.4) is 0 Å². The van der Waals surface area contributed by atoms with Gasteiger partial charge in [-0.25, -0.2) is 9.78 Å². The van der Waals surface area contributed by atoms with Gasteiger partial charge in [0, 0.05) is 11.1 Å². The minimum Gasteiger partial charge on any atom is -0.475 e. The minimum absolute atomic E-state index is 0.291. The minimum atomic E-state index is -0.783. The predicted octanol–water partition coefficient (Wildman–Crippen LogP) is 4.18. The average molecular weight is 328 g/mol. The zero-order chi connectivity index (χ0) is 15.6. The van der Waals surface area contributed by atoms with Gasteiger partial charge in [0.15, 0.2) is 11.9 Å². The number of esters is 1. The van der Waals surface area contributed by atoms with Gasteiger partial charge in [0.1, 0.15) is 5.52 Å². The van der Waals surface area contributed by atoms with E-state index >= 15 is 0 Å². The molecule has 4 nitrogen and oxygen atoms in total. The first-order valence-corrected chi connectivity index (χ1v) is 7.28. The number of carbonyl (C=O) groups is 1. The molecule has 112 valence electrons. The number of carbonyl (C=O) groups excluding carboxylic acids is 1. The van der Waals surface area contributed by atoms with Crippen LogP contribution in [0.1, 0.15) is 19.5 Å². The maximum Gasteiger partial charge on any atom is 0.347 e. The summed E-state index contributed by atoms with van der Waals surface area (Å²) in [6.45, 7) is 5.48. The molecule has 0 bridgehead atoms. The van der Waals surface area contributed by atoms with Gasteiger partial charge in [-0.1, -0.05) is 23.2 Å². The van der Waals surface area contributed by atoms with Crippen molar-refractivity contribution in [1.82, 2.24) is 4.98 Å². The van der Waals surface area contributed by atoms with Crippen molar-refractivity contribution in [3.8, 4) is 5.75 Å². The van der Waals surface area contributed by atoms with Crippen LogP contribution in [0.4, 0.5) is 0 Å². The van der Waals surface area contributed by atoms with Crippen molar-refractivity contribution in [1.29, 1.82) is 0 Å². The molecule has 0 saturated heterocycles. The van der Waals surface area contributed by atoms with Crippen molar-refractivity contribution >= 4 is 40.1 Å². The Kier molecular flexibility index (Phi) is 4.91. The first kappa shape index (κ1) is 15.9. The highest BCUT2D eigenvalue weighted by Crippen LogP contribution is 2.37. The van der Waals surface area contributed by atoms with Crippen molar-refractivity contribution in [2.45, 2.75) is 26.9 Å². The van der Waals surface area contributed by atoms with E-state index in [0.717, 1.165) is 11.1 Å². The third kappa shape index (κ3) is 3.39. The lowest BCUT2D eigenvalue weighted by molar-refractivity contribution is -0.150. The average Bonchev–Trinajstić information content (AvgIpc) is 2.43. The van der Waals surface area contributed by atoms with Crippen LogP contribution in [0, 0.1) is 6.92 Å².